The van der Waals surface area contributed by atoms with Crippen molar-refractivity contribution in [3.63, 3.8) is 0 Å². The molecule has 2 N–H and O–H groups in total. The third-order valence-electron chi connectivity index (χ3n) is 4.65. The number of carbonyl (C=O) groups is 1. The van der Waals surface area contributed by atoms with Crippen LogP contribution in [0.2, 0.25) is 5.02 Å². The van der Waals surface area contributed by atoms with Crippen LogP contribution in [-0.2, 0) is 14.0 Å². The lowest BCUT2D eigenvalue weighted by Crippen LogP contribution is -2.41. The highest BCUT2D eigenvalue weighted by Gasteiger charge is 2.52. The van der Waals surface area contributed by atoms with E-state index in [1.54, 1.807) is 39.0 Å². The van der Waals surface area contributed by atoms with Gasteiger partial charge in [0, 0.05) is 11.6 Å². The van der Waals surface area contributed by atoms with Gasteiger partial charge in [-0.25, -0.2) is 4.79 Å². The summed E-state index contributed by atoms with van der Waals surface area (Å²) in [5.41, 5.74) is -0.318. The zero-order valence-electron chi connectivity index (χ0n) is 17.6. The maximum atomic E-state index is 12.1. The molecule has 0 unspecified atom stereocenters. The van der Waals surface area contributed by atoms with E-state index in [0.29, 0.717) is 16.1 Å². The minimum Gasteiger partial charge on any atom is -0.508 e. The molecule has 0 saturated carbocycles. The number of hydrogen-bond donors (Lipinski definition) is 2. The van der Waals surface area contributed by atoms with Crippen molar-refractivity contribution in [1.82, 2.24) is 5.32 Å². The molecule has 28 heavy (non-hydrogen) atoms. The summed E-state index contributed by atoms with van der Waals surface area (Å²) in [6.07, 6.45) is 1.24. The maximum absolute atomic E-state index is 12.1. The summed E-state index contributed by atoms with van der Waals surface area (Å²) >= 11 is 6.04. The second-order valence-electron chi connectivity index (χ2n) is 8.91. The van der Waals surface area contributed by atoms with Gasteiger partial charge >= 0.3 is 13.2 Å². The molecular formula is C20H29BClNO5. The van der Waals surface area contributed by atoms with Gasteiger partial charge in [-0.3, -0.25) is 0 Å². The standard InChI is InChI=1S/C20H29BClNO5/c1-18(2,3)26-17(25)23-12-14(8-13-9-15(22)11-16(24)10-13)21-27-19(4,5)20(6,7)28-21/h8-11,24H,12H2,1-7H3,(H,23,25). The van der Waals surface area contributed by atoms with Crippen molar-refractivity contribution < 1.29 is 23.9 Å². The molecule has 1 aliphatic heterocycles. The highest BCUT2D eigenvalue weighted by Crippen LogP contribution is 2.39. The number of amides is 1. The quantitative estimate of drug-likeness (QED) is 0.711. The first-order valence-corrected chi connectivity index (χ1v) is 9.59. The third-order valence-corrected chi connectivity index (χ3v) is 4.87. The number of hydrogen-bond acceptors (Lipinski definition) is 5. The average molecular weight is 410 g/mol. The molecule has 0 bridgehead atoms. The van der Waals surface area contributed by atoms with Crippen LogP contribution in [-0.4, -0.2) is 41.7 Å². The summed E-state index contributed by atoms with van der Waals surface area (Å²) in [6, 6.07) is 4.73. The van der Waals surface area contributed by atoms with Crippen molar-refractivity contribution in [1.29, 1.82) is 0 Å². The Labute approximate surface area is 172 Å². The molecule has 154 valence electrons. The normalized spacial score (nSPS) is 18.9. The van der Waals surface area contributed by atoms with E-state index in [1.165, 1.54) is 6.07 Å². The Morgan fingerprint density at radius 1 is 1.21 bits per heavy atom. The number of phenolic OH excluding ortho intramolecular Hbond substituents is 1. The van der Waals surface area contributed by atoms with Gasteiger partial charge in [0.2, 0.25) is 0 Å². The molecule has 1 aromatic rings. The van der Waals surface area contributed by atoms with Crippen LogP contribution in [0.15, 0.2) is 23.7 Å². The number of phenols is 1. The molecule has 0 aromatic heterocycles. The Hall–Kier alpha value is -1.70. The van der Waals surface area contributed by atoms with E-state index in [9.17, 15) is 9.90 Å². The van der Waals surface area contributed by atoms with Gasteiger partial charge in [0.1, 0.15) is 11.4 Å². The first-order valence-electron chi connectivity index (χ1n) is 9.21. The first-order chi connectivity index (χ1) is 12.7. The summed E-state index contributed by atoms with van der Waals surface area (Å²) in [5, 5.41) is 13.0. The number of alkyl carbamates (subject to hydrolysis) is 1. The summed E-state index contributed by atoms with van der Waals surface area (Å²) in [6.45, 7) is 13.4. The number of rotatable bonds is 4. The average Bonchev–Trinajstić information content (AvgIpc) is 2.68. The maximum Gasteiger partial charge on any atom is 0.492 e. The van der Waals surface area contributed by atoms with Gasteiger partial charge in [-0.2, -0.15) is 0 Å². The molecule has 1 amide bonds. The zero-order valence-corrected chi connectivity index (χ0v) is 18.3. The lowest BCUT2D eigenvalue weighted by molar-refractivity contribution is 0.00578. The molecule has 0 radical (unpaired) electrons. The van der Waals surface area contributed by atoms with Gasteiger partial charge in [0.25, 0.3) is 0 Å². The predicted octanol–water partition coefficient (Wildman–Crippen LogP) is 4.59. The monoisotopic (exact) mass is 409 g/mol. The fourth-order valence-corrected chi connectivity index (χ4v) is 2.82. The van der Waals surface area contributed by atoms with Crippen LogP contribution >= 0.6 is 11.6 Å². The number of halogens is 1. The number of aromatic hydroxyl groups is 1. The highest BCUT2D eigenvalue weighted by atomic mass is 35.5. The topological polar surface area (TPSA) is 77.0 Å². The Morgan fingerprint density at radius 2 is 1.79 bits per heavy atom. The van der Waals surface area contributed by atoms with Crippen LogP contribution < -0.4 is 5.32 Å². The SMILES string of the molecule is CC(C)(C)OC(=O)NCC(=Cc1cc(O)cc(Cl)c1)B1OC(C)(C)C(C)(C)O1. The molecule has 1 fully saturated rings. The van der Waals surface area contributed by atoms with Gasteiger partial charge in [-0.05, 0) is 77.7 Å². The molecule has 0 aliphatic carbocycles. The smallest absolute Gasteiger partial charge is 0.492 e. The van der Waals surface area contributed by atoms with Crippen LogP contribution in [0.4, 0.5) is 4.79 Å². The van der Waals surface area contributed by atoms with Crippen LogP contribution in [0.5, 0.6) is 5.75 Å². The van der Waals surface area contributed by atoms with E-state index in [1.807, 2.05) is 27.7 Å². The summed E-state index contributed by atoms with van der Waals surface area (Å²) in [7, 11) is -0.666. The molecule has 6 nitrogen and oxygen atoms in total. The van der Waals surface area contributed by atoms with Crippen molar-refractivity contribution >= 4 is 30.9 Å². The molecule has 1 saturated heterocycles. The molecular weight excluding hydrogens is 380 g/mol. The second kappa shape index (κ2) is 7.97. The lowest BCUT2D eigenvalue weighted by Gasteiger charge is -2.32. The largest absolute Gasteiger partial charge is 0.508 e. The second-order valence-corrected chi connectivity index (χ2v) is 9.34. The van der Waals surface area contributed by atoms with E-state index in [0.717, 1.165) is 0 Å². The van der Waals surface area contributed by atoms with Crippen molar-refractivity contribution in [3.05, 3.63) is 34.3 Å². The Bertz CT molecular complexity index is 734. The minimum atomic E-state index is -0.666. The van der Waals surface area contributed by atoms with Gasteiger partial charge < -0.3 is 24.5 Å². The number of benzene rings is 1. The minimum absolute atomic E-state index is 0.0483. The molecule has 1 aliphatic rings. The first kappa shape index (κ1) is 22.6. The molecule has 2 rings (SSSR count). The zero-order chi connectivity index (χ0) is 21.3. The molecule has 1 aromatic carbocycles. The van der Waals surface area contributed by atoms with Crippen molar-refractivity contribution in [2.24, 2.45) is 0 Å². The van der Waals surface area contributed by atoms with E-state index < -0.39 is 30.0 Å². The van der Waals surface area contributed by atoms with Crippen molar-refractivity contribution in [2.45, 2.75) is 65.3 Å². The number of ether oxygens (including phenoxy) is 1. The predicted molar refractivity (Wildman–Crippen MR) is 111 cm³/mol. The van der Waals surface area contributed by atoms with Crippen LogP contribution in [0.1, 0.15) is 54.0 Å². The molecule has 8 heteroatoms. The Balaban J connectivity index is 2.28. The lowest BCUT2D eigenvalue weighted by atomic mass is 9.77. The summed E-state index contributed by atoms with van der Waals surface area (Å²) < 4.78 is 17.5. The fourth-order valence-electron chi connectivity index (χ4n) is 2.58. The van der Waals surface area contributed by atoms with Gasteiger partial charge in [-0.1, -0.05) is 17.7 Å². The van der Waals surface area contributed by atoms with Gasteiger partial charge in [-0.15, -0.1) is 0 Å². The molecule has 0 spiro atoms. The molecule has 1 heterocycles. The van der Waals surface area contributed by atoms with Crippen LogP contribution in [0, 0.1) is 0 Å². The number of nitrogens with one attached hydrogen (secondary N) is 1. The van der Waals surface area contributed by atoms with Gasteiger partial charge in [0.15, 0.2) is 0 Å². The highest BCUT2D eigenvalue weighted by molar-refractivity contribution is 6.56. The van der Waals surface area contributed by atoms with Crippen molar-refractivity contribution in [2.75, 3.05) is 6.54 Å². The third kappa shape index (κ3) is 5.90. The van der Waals surface area contributed by atoms with Crippen LogP contribution in [0.3, 0.4) is 0 Å². The van der Waals surface area contributed by atoms with E-state index in [2.05, 4.69) is 5.32 Å². The molecule has 0 atom stereocenters. The number of carbonyl (C=O) groups excluding carboxylic acids is 1. The summed E-state index contributed by atoms with van der Waals surface area (Å²) in [5.74, 6) is 0.0483. The summed E-state index contributed by atoms with van der Waals surface area (Å²) in [4.78, 5) is 12.1. The fraction of sp³-hybridized carbons (Fsp3) is 0.550. The van der Waals surface area contributed by atoms with E-state index >= 15 is 0 Å². The van der Waals surface area contributed by atoms with Gasteiger partial charge in [0.05, 0.1) is 11.2 Å². The van der Waals surface area contributed by atoms with Crippen LogP contribution in [0.25, 0.3) is 6.08 Å². The Kier molecular flexibility index (Phi) is 6.43. The van der Waals surface area contributed by atoms with Crippen molar-refractivity contribution in [3.8, 4) is 5.75 Å². The Morgan fingerprint density at radius 3 is 2.29 bits per heavy atom. The van der Waals surface area contributed by atoms with E-state index in [-0.39, 0.29) is 12.3 Å². The van der Waals surface area contributed by atoms with E-state index in [4.69, 9.17) is 25.6 Å².